The summed E-state index contributed by atoms with van der Waals surface area (Å²) in [4.78, 5) is 4.88. The van der Waals surface area contributed by atoms with E-state index in [9.17, 15) is 0 Å². The van der Waals surface area contributed by atoms with E-state index in [-0.39, 0.29) is 17.4 Å². The highest BCUT2D eigenvalue weighted by Gasteiger charge is 2.43. The molecule has 0 N–H and O–H groups in total. The van der Waals surface area contributed by atoms with Crippen molar-refractivity contribution in [2.24, 2.45) is 5.92 Å². The van der Waals surface area contributed by atoms with Gasteiger partial charge in [-0.15, -0.1) is 0 Å². The second-order valence-electron chi connectivity index (χ2n) is 17.4. The second-order valence-corrected chi connectivity index (χ2v) is 17.4. The van der Waals surface area contributed by atoms with E-state index in [0.29, 0.717) is 0 Å². The van der Waals surface area contributed by atoms with Crippen molar-refractivity contribution < 1.29 is 4.74 Å². The molecule has 0 bridgehead atoms. The molecule has 3 aliphatic rings. The average Bonchev–Trinajstić information content (AvgIpc) is 3.86. The maximum atomic E-state index is 7.41. The molecule has 9 aromatic rings. The van der Waals surface area contributed by atoms with E-state index < -0.39 is 0 Å². The molecule has 4 heteroatoms. The van der Waals surface area contributed by atoms with Gasteiger partial charge in [-0.05, 0) is 89.9 Å². The second kappa shape index (κ2) is 15.5. The minimum Gasteiger partial charge on any atom is -0.461 e. The number of rotatable bonds is 8. The lowest BCUT2D eigenvalue weighted by Crippen LogP contribution is -2.34. The maximum Gasteiger partial charge on any atom is 0.134 e. The predicted molar refractivity (Wildman–Crippen MR) is 267 cm³/mol. The first-order valence-electron chi connectivity index (χ1n) is 22.5. The number of allylic oxidation sites excluding steroid dienone is 6. The summed E-state index contributed by atoms with van der Waals surface area (Å²) in [7, 11) is 0. The topological polar surface area (TPSA) is 20.6 Å². The van der Waals surface area contributed by atoms with Crippen LogP contribution in [-0.4, -0.2) is 11.1 Å². The number of fused-ring (bicyclic) bond motifs is 6. The Morgan fingerprint density at radius 1 is 0.578 bits per heavy atom. The molecular formula is C60H47N3O. The molecule has 2 heterocycles. The van der Waals surface area contributed by atoms with E-state index in [4.69, 9.17) is 4.74 Å². The summed E-state index contributed by atoms with van der Waals surface area (Å²) in [6.07, 6.45) is 14.9. The lowest BCUT2D eigenvalue weighted by Gasteiger charge is -2.35. The van der Waals surface area contributed by atoms with Crippen molar-refractivity contribution in [2.75, 3.05) is 16.3 Å². The monoisotopic (exact) mass is 825 g/mol. The predicted octanol–water partition coefficient (Wildman–Crippen LogP) is 15.4. The Labute approximate surface area is 374 Å². The molecule has 2 aliphatic carbocycles. The van der Waals surface area contributed by atoms with Gasteiger partial charge < -0.3 is 19.1 Å². The number of aromatic nitrogens is 1. The van der Waals surface area contributed by atoms with Crippen LogP contribution in [0.5, 0.6) is 5.75 Å². The standard InChI is InChI=1S/C60H47N3O/c1-42-57(63-53-30-16-14-27-49(53)51-38-44(32-33-55(51)63)43-20-6-2-7-21-43)39-47(61-41-60(36-18-5-19-37-60)52-29-15-17-31-56(52)61)40-59(42)64-58-35-34-54(48-26-12-13-28-50(48)58)62(45-22-8-3-9-23-45)46-24-10-4-11-25-46/h2-36,38-40,42,57H,37,41H2,1H3. The van der Waals surface area contributed by atoms with Crippen molar-refractivity contribution >= 4 is 55.3 Å². The summed E-state index contributed by atoms with van der Waals surface area (Å²) in [5.41, 5.74) is 11.8. The quantitative estimate of drug-likeness (QED) is 0.152. The molecule has 4 nitrogen and oxygen atoms in total. The van der Waals surface area contributed by atoms with Crippen molar-refractivity contribution in [3.8, 4) is 16.9 Å². The van der Waals surface area contributed by atoms with Crippen molar-refractivity contribution in [1.29, 1.82) is 0 Å². The number of hydrogen-bond donors (Lipinski definition) is 0. The molecule has 1 aromatic heterocycles. The highest BCUT2D eigenvalue weighted by Crippen LogP contribution is 2.50. The summed E-state index contributed by atoms with van der Waals surface area (Å²) in [6.45, 7) is 3.18. The molecule has 0 saturated heterocycles. The lowest BCUT2D eigenvalue weighted by atomic mass is 9.77. The Kier molecular flexibility index (Phi) is 9.19. The van der Waals surface area contributed by atoms with Crippen molar-refractivity contribution in [3.05, 3.63) is 248 Å². The fraction of sp³-hybridized carbons (Fsp3) is 0.100. The SMILES string of the molecule is CC1C(Oc2ccc(N(c3ccccc3)c3ccccc3)c3ccccc23)=CC(N2CC3(C=CC=CC3)c3ccccc32)=CC1n1c2ccccc2c2cc(-c3ccccc3)ccc21. The van der Waals surface area contributed by atoms with Gasteiger partial charge in [0.1, 0.15) is 11.5 Å². The van der Waals surface area contributed by atoms with Crippen LogP contribution in [0, 0.1) is 5.92 Å². The first kappa shape index (κ1) is 37.9. The number of ether oxygens (including phenoxy) is 1. The Balaban J connectivity index is 1.02. The van der Waals surface area contributed by atoms with Crippen LogP contribution >= 0.6 is 0 Å². The van der Waals surface area contributed by atoms with E-state index in [1.165, 1.54) is 44.2 Å². The van der Waals surface area contributed by atoms with Crippen molar-refractivity contribution in [2.45, 2.75) is 24.8 Å². The van der Waals surface area contributed by atoms with Gasteiger partial charge in [0, 0.05) is 79.3 Å². The number of para-hydroxylation sites is 4. The summed E-state index contributed by atoms with van der Waals surface area (Å²) in [6, 6.07) is 69.8. The fourth-order valence-electron chi connectivity index (χ4n) is 10.6. The molecule has 0 fully saturated rings. The molecule has 12 rings (SSSR count). The van der Waals surface area contributed by atoms with Gasteiger partial charge in [-0.3, -0.25) is 0 Å². The van der Waals surface area contributed by atoms with Crippen LogP contribution in [0.2, 0.25) is 0 Å². The zero-order chi connectivity index (χ0) is 42.6. The van der Waals surface area contributed by atoms with Crippen LogP contribution in [0.3, 0.4) is 0 Å². The first-order chi connectivity index (χ1) is 31.6. The largest absolute Gasteiger partial charge is 0.461 e. The number of hydrogen-bond acceptors (Lipinski definition) is 3. The molecule has 0 radical (unpaired) electrons. The Bertz CT molecular complexity index is 3300. The van der Waals surface area contributed by atoms with Crippen LogP contribution < -0.4 is 14.5 Å². The molecule has 8 aromatic carbocycles. The van der Waals surface area contributed by atoms with E-state index in [2.05, 4.69) is 252 Å². The Morgan fingerprint density at radius 3 is 1.98 bits per heavy atom. The van der Waals surface area contributed by atoms with Gasteiger partial charge in [-0.25, -0.2) is 0 Å². The smallest absolute Gasteiger partial charge is 0.134 e. The van der Waals surface area contributed by atoms with E-state index in [1.54, 1.807) is 0 Å². The first-order valence-corrected chi connectivity index (χ1v) is 22.5. The Hall–Kier alpha value is -7.82. The van der Waals surface area contributed by atoms with Crippen molar-refractivity contribution in [1.82, 2.24) is 4.57 Å². The highest BCUT2D eigenvalue weighted by atomic mass is 16.5. The molecule has 1 aliphatic heterocycles. The molecule has 308 valence electrons. The van der Waals surface area contributed by atoms with Gasteiger partial charge in [-0.2, -0.15) is 0 Å². The zero-order valence-corrected chi connectivity index (χ0v) is 35.8. The third-order valence-corrected chi connectivity index (χ3v) is 13.7. The van der Waals surface area contributed by atoms with Gasteiger partial charge in [-0.1, -0.05) is 165 Å². The van der Waals surface area contributed by atoms with Gasteiger partial charge in [0.25, 0.3) is 0 Å². The molecule has 0 saturated carbocycles. The average molecular weight is 826 g/mol. The molecular weight excluding hydrogens is 779 g/mol. The van der Waals surface area contributed by atoms with Gasteiger partial charge in [0.05, 0.1) is 11.7 Å². The molecule has 64 heavy (non-hydrogen) atoms. The molecule has 0 amide bonds. The molecule has 3 unspecified atom stereocenters. The third-order valence-electron chi connectivity index (χ3n) is 13.7. The summed E-state index contributed by atoms with van der Waals surface area (Å²) >= 11 is 0. The van der Waals surface area contributed by atoms with Crippen LogP contribution in [0.4, 0.5) is 22.7 Å². The van der Waals surface area contributed by atoms with Crippen LogP contribution in [0.1, 0.15) is 24.9 Å². The minimum absolute atomic E-state index is 0.00977. The third kappa shape index (κ3) is 6.28. The minimum atomic E-state index is -0.101. The number of anilines is 4. The van der Waals surface area contributed by atoms with Crippen LogP contribution in [-0.2, 0) is 5.41 Å². The highest BCUT2D eigenvalue weighted by molar-refractivity contribution is 6.09. The van der Waals surface area contributed by atoms with Gasteiger partial charge in [0.15, 0.2) is 0 Å². The van der Waals surface area contributed by atoms with Gasteiger partial charge >= 0.3 is 0 Å². The Morgan fingerprint density at radius 2 is 1.23 bits per heavy atom. The van der Waals surface area contributed by atoms with E-state index in [1.807, 2.05) is 0 Å². The van der Waals surface area contributed by atoms with Crippen LogP contribution in [0.25, 0.3) is 43.7 Å². The van der Waals surface area contributed by atoms with E-state index in [0.717, 1.165) is 58.0 Å². The van der Waals surface area contributed by atoms with Crippen LogP contribution in [0.15, 0.2) is 242 Å². The summed E-state index contributed by atoms with van der Waals surface area (Å²) < 4.78 is 9.98. The summed E-state index contributed by atoms with van der Waals surface area (Å²) in [5, 5.41) is 4.69. The maximum absolute atomic E-state index is 7.41. The van der Waals surface area contributed by atoms with Crippen molar-refractivity contribution in [3.63, 3.8) is 0 Å². The molecule has 3 atom stereocenters. The summed E-state index contributed by atoms with van der Waals surface area (Å²) in [5.74, 6) is 1.77. The lowest BCUT2D eigenvalue weighted by molar-refractivity contribution is 0.316. The fourth-order valence-corrected chi connectivity index (χ4v) is 10.6. The zero-order valence-electron chi connectivity index (χ0n) is 35.8. The van der Waals surface area contributed by atoms with Gasteiger partial charge in [0.2, 0.25) is 0 Å². The number of nitrogens with zero attached hydrogens (tertiary/aromatic N) is 3. The number of benzene rings is 8. The molecule has 1 spiro atoms. The van der Waals surface area contributed by atoms with E-state index >= 15 is 0 Å². The normalized spacial score (nSPS) is 19.0.